The van der Waals surface area contributed by atoms with Crippen molar-refractivity contribution in [1.82, 2.24) is 25.3 Å². The Labute approximate surface area is 111 Å². The third-order valence-corrected chi connectivity index (χ3v) is 3.25. The van der Waals surface area contributed by atoms with Crippen LogP contribution in [0, 0.1) is 0 Å². The lowest BCUT2D eigenvalue weighted by molar-refractivity contribution is 0.0931. The zero-order chi connectivity index (χ0) is 13.2. The first-order valence-electron chi connectivity index (χ1n) is 6.56. The molecule has 1 saturated carbocycles. The molecular weight excluding hydrogens is 242 g/mol. The molecule has 0 saturated heterocycles. The van der Waals surface area contributed by atoms with Gasteiger partial charge >= 0.3 is 0 Å². The number of amides is 1. The summed E-state index contributed by atoms with van der Waals surface area (Å²) in [5.41, 5.74) is 1.54. The largest absolute Gasteiger partial charge is 0.346 e. The molecule has 1 amide bonds. The van der Waals surface area contributed by atoms with Crippen LogP contribution in [0.4, 0.5) is 0 Å². The number of hydrogen-bond donors (Lipinski definition) is 2. The monoisotopic (exact) mass is 259 g/mol. The zero-order valence-corrected chi connectivity index (χ0v) is 10.8. The molecule has 0 aliphatic heterocycles. The number of nitrogens with one attached hydrogen (secondary N) is 2. The molecule has 2 aromatic heterocycles. The molecule has 1 aliphatic rings. The second-order valence-electron chi connectivity index (χ2n) is 5.09. The topological polar surface area (TPSA) is 75.6 Å². The fourth-order valence-electron chi connectivity index (χ4n) is 2.09. The summed E-state index contributed by atoms with van der Waals surface area (Å²) in [4.78, 5) is 12.0. The molecular formula is C13H17N5O. The molecule has 1 atom stereocenters. The van der Waals surface area contributed by atoms with Gasteiger partial charge in [-0.2, -0.15) is 10.2 Å². The van der Waals surface area contributed by atoms with Gasteiger partial charge in [0.1, 0.15) is 5.69 Å². The molecule has 0 spiro atoms. The van der Waals surface area contributed by atoms with Gasteiger partial charge in [0.2, 0.25) is 0 Å². The minimum atomic E-state index is -0.136. The molecule has 0 unspecified atom stereocenters. The molecule has 2 N–H and O–H groups in total. The molecule has 2 aromatic rings. The lowest BCUT2D eigenvalue weighted by Crippen LogP contribution is -2.36. The van der Waals surface area contributed by atoms with E-state index < -0.39 is 0 Å². The average Bonchev–Trinajstić information content (AvgIpc) is 2.91. The van der Waals surface area contributed by atoms with Crippen LogP contribution in [0.5, 0.6) is 0 Å². The van der Waals surface area contributed by atoms with Crippen LogP contribution in [0.15, 0.2) is 24.5 Å². The van der Waals surface area contributed by atoms with Crippen molar-refractivity contribution in [3.8, 4) is 0 Å². The lowest BCUT2D eigenvalue weighted by atomic mass is 10.2. The normalized spacial score (nSPS) is 16.3. The van der Waals surface area contributed by atoms with Crippen LogP contribution in [0.3, 0.4) is 0 Å². The second-order valence-corrected chi connectivity index (χ2v) is 5.09. The van der Waals surface area contributed by atoms with Crippen LogP contribution in [0.1, 0.15) is 41.9 Å². The third kappa shape index (κ3) is 2.83. The molecule has 6 heteroatoms. The number of aromatic amines is 1. The average molecular weight is 259 g/mol. The molecule has 6 nitrogen and oxygen atoms in total. The highest BCUT2D eigenvalue weighted by Crippen LogP contribution is 2.38. The summed E-state index contributed by atoms with van der Waals surface area (Å²) in [7, 11) is 0. The Bertz CT molecular complexity index is 555. The van der Waals surface area contributed by atoms with Crippen molar-refractivity contribution in [2.45, 2.75) is 38.3 Å². The Kier molecular flexibility index (Phi) is 3.06. The van der Waals surface area contributed by atoms with Gasteiger partial charge in [0.05, 0.1) is 6.54 Å². The minimum absolute atomic E-state index is 0.00785. The molecule has 1 aliphatic carbocycles. The van der Waals surface area contributed by atoms with E-state index in [0.29, 0.717) is 18.2 Å². The van der Waals surface area contributed by atoms with Crippen molar-refractivity contribution in [3.05, 3.63) is 35.9 Å². The molecule has 1 fully saturated rings. The molecule has 0 radical (unpaired) electrons. The van der Waals surface area contributed by atoms with Gasteiger partial charge in [-0.1, -0.05) is 0 Å². The van der Waals surface area contributed by atoms with Gasteiger partial charge in [0.25, 0.3) is 5.91 Å². The Morgan fingerprint density at radius 2 is 2.47 bits per heavy atom. The fraction of sp³-hybridized carbons (Fsp3) is 0.462. The Morgan fingerprint density at radius 3 is 3.16 bits per heavy atom. The third-order valence-electron chi connectivity index (χ3n) is 3.25. The van der Waals surface area contributed by atoms with E-state index in [-0.39, 0.29) is 11.9 Å². The first-order chi connectivity index (χ1) is 9.22. The van der Waals surface area contributed by atoms with Gasteiger partial charge in [0, 0.05) is 30.0 Å². The van der Waals surface area contributed by atoms with Crippen molar-refractivity contribution < 1.29 is 4.79 Å². The molecule has 2 heterocycles. The maximum absolute atomic E-state index is 12.0. The van der Waals surface area contributed by atoms with Crippen LogP contribution in [-0.2, 0) is 6.54 Å². The predicted octanol–water partition coefficient (Wildman–Crippen LogP) is 1.30. The van der Waals surface area contributed by atoms with Crippen LogP contribution < -0.4 is 5.32 Å². The van der Waals surface area contributed by atoms with E-state index in [1.807, 2.05) is 25.3 Å². The van der Waals surface area contributed by atoms with Crippen molar-refractivity contribution in [2.24, 2.45) is 0 Å². The Hall–Kier alpha value is -2.11. The van der Waals surface area contributed by atoms with Crippen molar-refractivity contribution in [1.29, 1.82) is 0 Å². The highest BCUT2D eigenvalue weighted by atomic mass is 16.2. The predicted molar refractivity (Wildman–Crippen MR) is 69.7 cm³/mol. The van der Waals surface area contributed by atoms with Gasteiger partial charge in [-0.25, -0.2) is 0 Å². The van der Waals surface area contributed by atoms with Crippen molar-refractivity contribution in [2.75, 3.05) is 0 Å². The molecule has 100 valence electrons. The number of aromatic nitrogens is 4. The van der Waals surface area contributed by atoms with E-state index >= 15 is 0 Å². The summed E-state index contributed by atoms with van der Waals surface area (Å²) in [5.74, 6) is 0.443. The smallest absolute Gasteiger partial charge is 0.272 e. The number of carbonyl (C=O) groups excluding carboxylic acids is 1. The molecule has 0 aromatic carbocycles. The van der Waals surface area contributed by atoms with E-state index in [0.717, 1.165) is 5.69 Å². The number of carbonyl (C=O) groups is 1. The van der Waals surface area contributed by atoms with E-state index in [4.69, 9.17) is 0 Å². The summed E-state index contributed by atoms with van der Waals surface area (Å²) in [6, 6.07) is 3.73. The summed E-state index contributed by atoms with van der Waals surface area (Å²) in [6.07, 6.45) is 5.99. The van der Waals surface area contributed by atoms with Gasteiger partial charge in [-0.05, 0) is 31.9 Å². The number of rotatable bonds is 5. The summed E-state index contributed by atoms with van der Waals surface area (Å²) < 4.78 is 1.80. The van der Waals surface area contributed by atoms with Crippen LogP contribution >= 0.6 is 0 Å². The summed E-state index contributed by atoms with van der Waals surface area (Å²) >= 11 is 0. The van der Waals surface area contributed by atoms with Gasteiger partial charge in [-0.3, -0.25) is 14.6 Å². The quantitative estimate of drug-likeness (QED) is 0.849. The summed E-state index contributed by atoms with van der Waals surface area (Å²) in [6.45, 7) is 2.60. The number of H-pyrrole nitrogens is 1. The zero-order valence-electron chi connectivity index (χ0n) is 10.8. The molecule has 3 rings (SSSR count). The van der Waals surface area contributed by atoms with Crippen LogP contribution in [0.25, 0.3) is 0 Å². The van der Waals surface area contributed by atoms with Crippen LogP contribution in [0.2, 0.25) is 0 Å². The number of nitrogens with zero attached hydrogens (tertiary/aromatic N) is 3. The highest BCUT2D eigenvalue weighted by Gasteiger charge is 2.26. The maximum Gasteiger partial charge on any atom is 0.272 e. The second kappa shape index (κ2) is 4.87. The molecule has 0 bridgehead atoms. The molecule has 19 heavy (non-hydrogen) atoms. The van der Waals surface area contributed by atoms with E-state index in [1.165, 1.54) is 12.8 Å². The standard InChI is InChI=1S/C13H17N5O/c1-9(8-18-6-2-5-14-18)15-13(19)12-7-11(16-17-12)10-3-4-10/h2,5-7,9-10H,3-4,8H2,1H3,(H,15,19)(H,16,17)/t9-/m0/s1. The van der Waals surface area contributed by atoms with Crippen molar-refractivity contribution >= 4 is 5.91 Å². The number of hydrogen-bond acceptors (Lipinski definition) is 3. The van der Waals surface area contributed by atoms with Gasteiger partial charge in [0.15, 0.2) is 0 Å². The first kappa shape index (κ1) is 12.0. The van der Waals surface area contributed by atoms with Gasteiger partial charge in [-0.15, -0.1) is 0 Å². The van der Waals surface area contributed by atoms with Gasteiger partial charge < -0.3 is 5.32 Å². The SMILES string of the molecule is C[C@@H](Cn1cccn1)NC(=O)c1cc(C2CC2)[nH]n1. The first-order valence-corrected chi connectivity index (χ1v) is 6.56. The van der Waals surface area contributed by atoms with Crippen LogP contribution in [-0.4, -0.2) is 31.9 Å². The van der Waals surface area contributed by atoms with E-state index in [2.05, 4.69) is 20.6 Å². The highest BCUT2D eigenvalue weighted by molar-refractivity contribution is 5.92. The fourth-order valence-corrected chi connectivity index (χ4v) is 2.09. The van der Waals surface area contributed by atoms with Crippen molar-refractivity contribution in [3.63, 3.8) is 0 Å². The summed E-state index contributed by atoms with van der Waals surface area (Å²) in [5, 5.41) is 14.0. The van der Waals surface area contributed by atoms with E-state index in [9.17, 15) is 4.79 Å². The van der Waals surface area contributed by atoms with E-state index in [1.54, 1.807) is 10.9 Å². The Balaban J connectivity index is 1.57. The lowest BCUT2D eigenvalue weighted by Gasteiger charge is -2.12. The minimum Gasteiger partial charge on any atom is -0.346 e. The Morgan fingerprint density at radius 1 is 1.63 bits per heavy atom. The maximum atomic E-state index is 12.0.